The summed E-state index contributed by atoms with van der Waals surface area (Å²) in [5.41, 5.74) is 0. The van der Waals surface area contributed by atoms with E-state index in [4.69, 9.17) is 0 Å². The first kappa shape index (κ1) is 97.6. The first-order valence-electron chi connectivity index (χ1n) is 42.2. The van der Waals surface area contributed by atoms with Crippen molar-refractivity contribution in [3.63, 3.8) is 0 Å². The van der Waals surface area contributed by atoms with Crippen LogP contribution in [0.25, 0.3) is 0 Å². The Hall–Kier alpha value is -3.40. The lowest BCUT2D eigenvalue weighted by atomic mass is 10.1. The van der Waals surface area contributed by atoms with Crippen molar-refractivity contribution in [2.45, 2.75) is 341 Å². The van der Waals surface area contributed by atoms with E-state index in [-0.39, 0.29) is 10.2 Å². The van der Waals surface area contributed by atoms with E-state index >= 15 is 0 Å². The van der Waals surface area contributed by atoms with Crippen LogP contribution in [0.4, 0.5) is 0 Å². The van der Waals surface area contributed by atoms with Crippen LogP contribution in [0.1, 0.15) is 305 Å². The second-order valence-corrected chi connectivity index (χ2v) is 31.3. The Morgan fingerprint density at radius 1 is 0.330 bits per heavy atom. The quantitative estimate of drug-likeness (QED) is 0.0342. The van der Waals surface area contributed by atoms with Crippen molar-refractivity contribution < 1.29 is 30.0 Å². The maximum absolute atomic E-state index is 13.3. The van der Waals surface area contributed by atoms with E-state index in [1.165, 1.54) is 62.0 Å². The standard InChI is InChI=1S/C91H158N4O6S2/c1-7-11-15-19-23-27-31-35-39-43-47-51-55-59-66-86(96)80-92(81-87(97)67-60-56-52-48-44-40-36-32-28-24-20-16-12-8-2)72-64-63-70-90(100)102-76-74-94-78-85(6)95(79-84(94)5)75-77-103-91(101)71-65-73-93(82-88(98)68-61-57-53-49-45-41-37-33-29-25-21-17-13-9-3)83-89(99)69-62-58-54-50-46-42-38-34-30-26-22-18-14-10-4/h11-18,23-30,35-42,84-89,96-99H,7-10,19-22,31-34,43-83H2,1-6H3/b15-11-,16-12-,17-13-,18-14-,27-23-,28-24-,29-25-,30-26-,39-35-,40-36-,41-37-,42-38-. The molecule has 0 aromatic rings. The summed E-state index contributed by atoms with van der Waals surface area (Å²) in [4.78, 5) is 36.1. The first-order chi connectivity index (χ1) is 50.4. The lowest BCUT2D eigenvalue weighted by Gasteiger charge is -2.44. The SMILES string of the molecule is CC/C=C\C/C=C\C/C=C\CCCCCCC(O)CN(CCCCC(=O)SCCN1CC(C)N(CCSC(=O)CCCN(CC(O)CCCCCC/C=C\C/C=C\C/C=C\CC)CC(O)CCCCCC/C=C\C/C=C\C/C=C\CC)CC1C)CC(O)CCCCCC/C=C\C/C=C\C/C=C\CC. The van der Waals surface area contributed by atoms with Gasteiger partial charge in [0.2, 0.25) is 0 Å². The lowest BCUT2D eigenvalue weighted by Crippen LogP contribution is -2.57. The van der Waals surface area contributed by atoms with Crippen LogP contribution in [0.3, 0.4) is 0 Å². The highest BCUT2D eigenvalue weighted by Gasteiger charge is 2.29. The molecule has 1 saturated heterocycles. The summed E-state index contributed by atoms with van der Waals surface area (Å²) in [5.74, 6) is 1.54. The Labute approximate surface area is 643 Å². The van der Waals surface area contributed by atoms with Crippen LogP contribution in [0.15, 0.2) is 146 Å². The molecular weight excluding hydrogens is 1310 g/mol. The van der Waals surface area contributed by atoms with Gasteiger partial charge in [-0.1, -0.05) is 274 Å². The smallest absolute Gasteiger partial charge is 0.189 e. The molecule has 103 heavy (non-hydrogen) atoms. The molecule has 1 heterocycles. The van der Waals surface area contributed by atoms with Crippen molar-refractivity contribution in [3.05, 3.63) is 146 Å². The van der Waals surface area contributed by atoms with E-state index in [1.807, 2.05) is 0 Å². The van der Waals surface area contributed by atoms with Gasteiger partial charge in [0.1, 0.15) is 0 Å². The zero-order chi connectivity index (χ0) is 74.8. The summed E-state index contributed by atoms with van der Waals surface area (Å²) >= 11 is 2.92. The Kier molecular flexibility index (Phi) is 71.5. The molecule has 6 unspecified atom stereocenters. The predicted molar refractivity (Wildman–Crippen MR) is 456 cm³/mol. The van der Waals surface area contributed by atoms with Crippen molar-refractivity contribution in [1.29, 1.82) is 0 Å². The molecule has 12 heteroatoms. The molecule has 0 spiro atoms. The van der Waals surface area contributed by atoms with Crippen LogP contribution in [0, 0.1) is 0 Å². The number of nitrogens with zero attached hydrogens (tertiary/aromatic N) is 4. The van der Waals surface area contributed by atoms with E-state index in [0.717, 1.165) is 256 Å². The summed E-state index contributed by atoms with van der Waals surface area (Å²) < 4.78 is 0. The molecule has 4 N–H and O–H groups in total. The maximum atomic E-state index is 13.3. The normalized spacial score (nSPS) is 16.8. The summed E-state index contributed by atoms with van der Waals surface area (Å²) in [6.07, 6.45) is 93.3. The molecule has 6 atom stereocenters. The number of thioether (sulfide) groups is 2. The van der Waals surface area contributed by atoms with Crippen LogP contribution < -0.4 is 0 Å². The minimum absolute atomic E-state index is 0.220. The van der Waals surface area contributed by atoms with Crippen LogP contribution in [-0.4, -0.2) is 164 Å². The van der Waals surface area contributed by atoms with E-state index in [2.05, 4.69) is 207 Å². The molecule has 10 nitrogen and oxygen atoms in total. The topological polar surface area (TPSA) is 128 Å². The second-order valence-electron chi connectivity index (χ2n) is 29.0. The first-order valence-corrected chi connectivity index (χ1v) is 44.1. The van der Waals surface area contributed by atoms with E-state index in [1.54, 1.807) is 0 Å². The van der Waals surface area contributed by atoms with Gasteiger partial charge in [-0.05, 0) is 200 Å². The molecule has 0 aromatic heterocycles. The van der Waals surface area contributed by atoms with Gasteiger partial charge in [0, 0.05) is 88.8 Å². The molecule has 0 saturated carbocycles. The largest absolute Gasteiger partial charge is 0.392 e. The second kappa shape index (κ2) is 75.4. The third-order valence-corrected chi connectivity index (χ3v) is 20.9. The average Bonchev–Trinajstić information content (AvgIpc) is 0.850. The molecule has 0 amide bonds. The van der Waals surface area contributed by atoms with Crippen molar-refractivity contribution in [2.24, 2.45) is 0 Å². The molecular formula is C91H158N4O6S2. The fraction of sp³-hybridized carbons (Fsp3) is 0.714. The minimum atomic E-state index is -0.447. The number of piperazine rings is 1. The predicted octanol–water partition coefficient (Wildman–Crippen LogP) is 22.7. The van der Waals surface area contributed by atoms with Gasteiger partial charge in [0.15, 0.2) is 10.2 Å². The van der Waals surface area contributed by atoms with Crippen molar-refractivity contribution in [1.82, 2.24) is 19.6 Å². The Morgan fingerprint density at radius 3 is 0.854 bits per heavy atom. The minimum Gasteiger partial charge on any atom is -0.392 e. The van der Waals surface area contributed by atoms with Gasteiger partial charge >= 0.3 is 0 Å². The highest BCUT2D eigenvalue weighted by molar-refractivity contribution is 8.13. The number of hydrogen-bond donors (Lipinski definition) is 4. The van der Waals surface area contributed by atoms with Gasteiger partial charge in [0.05, 0.1) is 24.4 Å². The van der Waals surface area contributed by atoms with Crippen LogP contribution in [0.5, 0.6) is 0 Å². The van der Waals surface area contributed by atoms with E-state index < -0.39 is 24.4 Å². The summed E-state index contributed by atoms with van der Waals surface area (Å²) in [7, 11) is 0. The van der Waals surface area contributed by atoms with Crippen LogP contribution in [-0.2, 0) is 9.59 Å². The highest BCUT2D eigenvalue weighted by atomic mass is 32.2. The molecule has 0 aliphatic carbocycles. The zero-order valence-electron chi connectivity index (χ0n) is 67.0. The van der Waals surface area contributed by atoms with E-state index in [0.29, 0.717) is 57.6 Å². The van der Waals surface area contributed by atoms with Crippen molar-refractivity contribution in [3.8, 4) is 0 Å². The Morgan fingerprint density at radius 2 is 0.573 bits per heavy atom. The van der Waals surface area contributed by atoms with Gasteiger partial charge in [0.25, 0.3) is 0 Å². The van der Waals surface area contributed by atoms with Gasteiger partial charge < -0.3 is 20.4 Å². The lowest BCUT2D eigenvalue weighted by molar-refractivity contribution is -0.111. The fourth-order valence-corrected chi connectivity index (χ4v) is 14.7. The average molecular weight is 1470 g/mol. The molecule has 1 fully saturated rings. The molecule has 0 aromatic carbocycles. The van der Waals surface area contributed by atoms with Gasteiger partial charge in [-0.3, -0.25) is 29.2 Å². The molecule has 1 aliphatic heterocycles. The number of aliphatic hydroxyl groups is 4. The number of carbonyl (C=O) groups is 2. The monoisotopic (exact) mass is 1470 g/mol. The van der Waals surface area contributed by atoms with E-state index in [9.17, 15) is 30.0 Å². The molecule has 1 aliphatic rings. The summed E-state index contributed by atoms with van der Waals surface area (Å²) in [6.45, 7) is 20.5. The number of carbonyl (C=O) groups excluding carboxylic acids is 2. The molecule has 0 bridgehead atoms. The van der Waals surface area contributed by atoms with Crippen LogP contribution >= 0.6 is 23.5 Å². The zero-order valence-corrected chi connectivity index (χ0v) is 68.6. The van der Waals surface area contributed by atoms with Gasteiger partial charge in [-0.15, -0.1) is 0 Å². The molecule has 1 rings (SSSR count). The third-order valence-electron chi connectivity index (χ3n) is 19.1. The number of aliphatic hydroxyl groups excluding tert-OH is 4. The number of allylic oxidation sites excluding steroid dienone is 24. The summed E-state index contributed by atoms with van der Waals surface area (Å²) in [6, 6.07) is 0.719. The highest BCUT2D eigenvalue weighted by Crippen LogP contribution is 2.21. The Balaban J connectivity index is 2.60. The van der Waals surface area contributed by atoms with Gasteiger partial charge in [-0.2, -0.15) is 0 Å². The van der Waals surface area contributed by atoms with Gasteiger partial charge in [-0.25, -0.2) is 0 Å². The third kappa shape index (κ3) is 66.5. The van der Waals surface area contributed by atoms with Crippen LogP contribution in [0.2, 0.25) is 0 Å². The summed E-state index contributed by atoms with van der Waals surface area (Å²) in [5, 5.41) is 45.4. The van der Waals surface area contributed by atoms with Crippen molar-refractivity contribution >= 4 is 33.8 Å². The molecule has 590 valence electrons. The fourth-order valence-electron chi connectivity index (χ4n) is 13.0. The molecule has 0 radical (unpaired) electrons. The maximum Gasteiger partial charge on any atom is 0.189 e. The number of hydrogen-bond acceptors (Lipinski definition) is 12. The van der Waals surface area contributed by atoms with Crippen molar-refractivity contribution in [2.75, 3.05) is 77.0 Å². The number of unbranched alkanes of at least 4 members (excludes halogenated alkanes) is 17. The number of rotatable bonds is 71. The Bertz CT molecular complexity index is 2190.